The molecule has 0 radical (unpaired) electrons. The molecule has 3 N–H and O–H groups in total. The van der Waals surface area contributed by atoms with Crippen molar-refractivity contribution >= 4 is 29.5 Å². The summed E-state index contributed by atoms with van der Waals surface area (Å²) in [6.07, 6.45) is 3.22. The number of nitrogens with one attached hydrogen (secondary N) is 1. The number of carbonyl (C=O) groups is 1. The van der Waals surface area contributed by atoms with Crippen molar-refractivity contribution in [2.24, 2.45) is 0 Å². The summed E-state index contributed by atoms with van der Waals surface area (Å²) >= 11 is 5.89. The molecule has 0 unspecified atom stereocenters. The van der Waals surface area contributed by atoms with Gasteiger partial charge in [-0.25, -0.2) is 4.79 Å². The summed E-state index contributed by atoms with van der Waals surface area (Å²) in [5.74, 6) is 0.0533. The first-order valence-electron chi connectivity index (χ1n) is 9.44. The van der Waals surface area contributed by atoms with Crippen molar-refractivity contribution in [1.29, 1.82) is 0 Å². The number of nitrogens with two attached hydrogens (primary N) is 1. The molecule has 0 saturated heterocycles. The Bertz CT molecular complexity index is 1030. The summed E-state index contributed by atoms with van der Waals surface area (Å²) in [5, 5.41) is 3.33. The minimum Gasteiger partial charge on any atom is -0.449 e. The molecule has 0 aromatic heterocycles. The molecule has 4 rings (SSSR count). The third kappa shape index (κ3) is 4.13. The van der Waals surface area contributed by atoms with E-state index in [0.29, 0.717) is 23.9 Å². The van der Waals surface area contributed by atoms with Crippen LogP contribution < -0.4 is 11.1 Å². The fraction of sp³-hybridized carbons (Fsp3) is 0.125. The molecule has 0 aliphatic heterocycles. The summed E-state index contributed by atoms with van der Waals surface area (Å²) in [6.45, 7) is 0.645. The largest absolute Gasteiger partial charge is 0.449 e. The zero-order valence-corrected chi connectivity index (χ0v) is 16.5. The second-order valence-electron chi connectivity index (χ2n) is 6.88. The lowest BCUT2D eigenvalue weighted by molar-refractivity contribution is 0.144. The van der Waals surface area contributed by atoms with E-state index in [0.717, 1.165) is 5.56 Å². The number of alkyl carbamates (subject to hydrolysis) is 1. The normalized spacial score (nSPS) is 12.6. The van der Waals surface area contributed by atoms with Crippen LogP contribution in [-0.2, 0) is 4.74 Å². The van der Waals surface area contributed by atoms with Gasteiger partial charge in [0.15, 0.2) is 0 Å². The summed E-state index contributed by atoms with van der Waals surface area (Å²) in [5.41, 5.74) is 12.2. The molecule has 0 heterocycles. The molecule has 0 atom stereocenters. The molecule has 0 saturated carbocycles. The van der Waals surface area contributed by atoms with Crippen LogP contribution in [0.3, 0.4) is 0 Å². The van der Waals surface area contributed by atoms with Crippen molar-refractivity contribution in [3.05, 3.63) is 94.5 Å². The van der Waals surface area contributed by atoms with E-state index >= 15 is 0 Å². The number of hydrogen-bond acceptors (Lipinski definition) is 3. The highest BCUT2D eigenvalue weighted by Crippen LogP contribution is 2.44. The van der Waals surface area contributed by atoms with Gasteiger partial charge in [0.2, 0.25) is 0 Å². The second-order valence-corrected chi connectivity index (χ2v) is 7.32. The lowest BCUT2D eigenvalue weighted by Gasteiger charge is -2.14. The lowest BCUT2D eigenvalue weighted by Crippen LogP contribution is -2.26. The highest BCUT2D eigenvalue weighted by molar-refractivity contribution is 6.30. The van der Waals surface area contributed by atoms with Gasteiger partial charge in [0.1, 0.15) is 6.61 Å². The highest BCUT2D eigenvalue weighted by Gasteiger charge is 2.28. The van der Waals surface area contributed by atoms with Crippen LogP contribution in [0.25, 0.3) is 17.2 Å². The predicted molar refractivity (Wildman–Crippen MR) is 118 cm³/mol. The van der Waals surface area contributed by atoms with Gasteiger partial charge in [-0.1, -0.05) is 78.4 Å². The van der Waals surface area contributed by atoms with E-state index < -0.39 is 6.09 Å². The predicted octanol–water partition coefficient (Wildman–Crippen LogP) is 5.47. The second kappa shape index (κ2) is 8.41. The molecular formula is C24H21ClN2O2. The van der Waals surface area contributed by atoms with Crippen LogP contribution in [0.5, 0.6) is 0 Å². The highest BCUT2D eigenvalue weighted by atomic mass is 35.5. The molecule has 3 aromatic carbocycles. The molecule has 1 amide bonds. The Hall–Kier alpha value is -3.24. The minimum absolute atomic E-state index is 0.0533. The molecule has 0 bridgehead atoms. The molecule has 0 spiro atoms. The average molecular weight is 405 g/mol. The number of amides is 1. The van der Waals surface area contributed by atoms with Gasteiger partial charge < -0.3 is 15.8 Å². The molecular weight excluding hydrogens is 384 g/mol. The summed E-state index contributed by atoms with van der Waals surface area (Å²) in [4.78, 5) is 12.1. The Balaban J connectivity index is 1.34. The van der Waals surface area contributed by atoms with Crippen molar-refractivity contribution in [3.63, 3.8) is 0 Å². The molecule has 4 nitrogen and oxygen atoms in total. The van der Waals surface area contributed by atoms with Crippen molar-refractivity contribution in [1.82, 2.24) is 5.32 Å². The van der Waals surface area contributed by atoms with E-state index in [1.165, 1.54) is 22.3 Å². The molecule has 146 valence electrons. The number of carbonyl (C=O) groups excluding carboxylic acids is 1. The smallest absolute Gasteiger partial charge is 0.407 e. The minimum atomic E-state index is -0.444. The van der Waals surface area contributed by atoms with Gasteiger partial charge in [0, 0.05) is 23.2 Å². The zero-order valence-electron chi connectivity index (χ0n) is 15.8. The van der Waals surface area contributed by atoms with Gasteiger partial charge in [-0.2, -0.15) is 0 Å². The topological polar surface area (TPSA) is 64.3 Å². The standard InChI is InChI=1S/C24H21ClN2O2/c25-17-12-11-16(23(26)14-17)6-5-13-27-24(28)29-15-22-20-9-3-1-7-18(20)19-8-2-4-10-21(19)22/h1-12,14,22H,13,15,26H2,(H,27,28). The van der Waals surface area contributed by atoms with Gasteiger partial charge in [0.05, 0.1) is 0 Å². The van der Waals surface area contributed by atoms with Gasteiger partial charge in [-0.15, -0.1) is 0 Å². The fourth-order valence-corrected chi connectivity index (χ4v) is 3.86. The number of halogens is 1. The Kier molecular flexibility index (Phi) is 5.54. The molecule has 1 aliphatic carbocycles. The van der Waals surface area contributed by atoms with Crippen LogP contribution in [0.4, 0.5) is 10.5 Å². The Labute approximate surface area is 175 Å². The van der Waals surface area contributed by atoms with E-state index in [2.05, 4.69) is 29.6 Å². The van der Waals surface area contributed by atoms with Crippen LogP contribution in [0.2, 0.25) is 5.02 Å². The van der Waals surface area contributed by atoms with Crippen LogP contribution in [0, 0.1) is 0 Å². The van der Waals surface area contributed by atoms with Gasteiger partial charge in [-0.05, 0) is 39.9 Å². The van der Waals surface area contributed by atoms with Gasteiger partial charge >= 0.3 is 6.09 Å². The number of hydrogen-bond donors (Lipinski definition) is 2. The zero-order chi connectivity index (χ0) is 20.2. The maximum absolute atomic E-state index is 12.1. The number of anilines is 1. The number of ether oxygens (including phenoxy) is 1. The third-order valence-corrected chi connectivity index (χ3v) is 5.29. The van der Waals surface area contributed by atoms with Crippen molar-refractivity contribution in [3.8, 4) is 11.1 Å². The molecule has 1 aliphatic rings. The molecule has 3 aromatic rings. The van der Waals surface area contributed by atoms with Crippen LogP contribution in [0.15, 0.2) is 72.8 Å². The monoisotopic (exact) mass is 404 g/mol. The average Bonchev–Trinajstić information content (AvgIpc) is 3.05. The van der Waals surface area contributed by atoms with E-state index in [4.69, 9.17) is 22.1 Å². The third-order valence-electron chi connectivity index (χ3n) is 5.05. The van der Waals surface area contributed by atoms with Crippen LogP contribution in [0.1, 0.15) is 22.6 Å². The SMILES string of the molecule is Nc1cc(Cl)ccc1C=CCNC(=O)OCC1c2ccccc2-c2ccccc21. The van der Waals surface area contributed by atoms with Crippen molar-refractivity contribution in [2.75, 3.05) is 18.9 Å². The molecule has 29 heavy (non-hydrogen) atoms. The maximum Gasteiger partial charge on any atom is 0.407 e. The quantitative estimate of drug-likeness (QED) is 0.554. The van der Waals surface area contributed by atoms with Crippen molar-refractivity contribution < 1.29 is 9.53 Å². The van der Waals surface area contributed by atoms with E-state index in [9.17, 15) is 4.79 Å². The Morgan fingerprint density at radius 3 is 2.34 bits per heavy atom. The number of fused-ring (bicyclic) bond motifs is 3. The Morgan fingerprint density at radius 2 is 1.69 bits per heavy atom. The first-order chi connectivity index (χ1) is 14.1. The molecule has 5 heteroatoms. The fourth-order valence-electron chi connectivity index (χ4n) is 3.67. The van der Waals surface area contributed by atoms with Crippen LogP contribution in [-0.4, -0.2) is 19.2 Å². The van der Waals surface area contributed by atoms with Gasteiger partial charge in [0.25, 0.3) is 0 Å². The Morgan fingerprint density at radius 1 is 1.03 bits per heavy atom. The van der Waals surface area contributed by atoms with E-state index in [1.54, 1.807) is 12.1 Å². The van der Waals surface area contributed by atoms with Gasteiger partial charge in [-0.3, -0.25) is 0 Å². The first kappa shape index (κ1) is 19.1. The number of rotatable bonds is 5. The van der Waals surface area contributed by atoms with Crippen molar-refractivity contribution in [2.45, 2.75) is 5.92 Å². The first-order valence-corrected chi connectivity index (χ1v) is 9.81. The summed E-state index contributed by atoms with van der Waals surface area (Å²) in [7, 11) is 0. The summed E-state index contributed by atoms with van der Waals surface area (Å²) < 4.78 is 5.51. The lowest BCUT2D eigenvalue weighted by atomic mass is 9.98. The van der Waals surface area contributed by atoms with Crippen LogP contribution >= 0.6 is 11.6 Å². The number of nitrogen functional groups attached to an aromatic ring is 1. The number of benzene rings is 3. The maximum atomic E-state index is 12.1. The molecule has 0 fully saturated rings. The summed E-state index contributed by atoms with van der Waals surface area (Å²) in [6, 6.07) is 21.8. The van der Waals surface area contributed by atoms with E-state index in [1.807, 2.05) is 42.5 Å². The van der Waals surface area contributed by atoms with E-state index in [-0.39, 0.29) is 5.92 Å².